The van der Waals surface area contributed by atoms with Crippen LogP contribution in [0.15, 0.2) is 54.5 Å². The van der Waals surface area contributed by atoms with Gasteiger partial charge in [0.2, 0.25) is 0 Å². The topological polar surface area (TPSA) is 85.4 Å². The molecule has 0 saturated heterocycles. The van der Waals surface area contributed by atoms with Gasteiger partial charge in [-0.05, 0) is 30.3 Å². The normalized spacial score (nSPS) is 8.95. The fourth-order valence-corrected chi connectivity index (χ4v) is 1.41. The number of benzene rings is 1. The Bertz CT molecular complexity index is 644. The van der Waals surface area contributed by atoms with Crippen LogP contribution in [-0.4, -0.2) is 9.97 Å². The van der Waals surface area contributed by atoms with Gasteiger partial charge in [-0.1, -0.05) is 0 Å². The fraction of sp³-hybridized carbons (Fsp3) is 0. The van der Waals surface area contributed by atoms with Gasteiger partial charge < -0.3 is 5.32 Å². The number of nitriles is 2. The fourth-order valence-electron chi connectivity index (χ4n) is 1.41. The van der Waals surface area contributed by atoms with E-state index in [2.05, 4.69) is 15.3 Å². The first-order valence-electron chi connectivity index (χ1n) is 5.48. The van der Waals surface area contributed by atoms with E-state index in [1.165, 1.54) is 6.20 Å². The van der Waals surface area contributed by atoms with Crippen molar-refractivity contribution in [3.8, 4) is 23.5 Å². The minimum absolute atomic E-state index is 0.0236. The zero-order chi connectivity index (χ0) is 13.5. The molecule has 0 unspecified atom stereocenters. The highest BCUT2D eigenvalue weighted by molar-refractivity contribution is 5.60. The number of hydrogen-bond acceptors (Lipinski definition) is 5. The predicted octanol–water partition coefficient (Wildman–Crippen LogP) is 2.49. The third-order valence-electron chi connectivity index (χ3n) is 2.33. The molecule has 0 fully saturated rings. The van der Waals surface area contributed by atoms with Crippen molar-refractivity contribution in [2.75, 3.05) is 5.32 Å². The number of hydrogen-bond donors (Lipinski definition) is 1. The van der Waals surface area contributed by atoms with E-state index in [0.717, 1.165) is 11.3 Å². The highest BCUT2D eigenvalue weighted by atomic mass is 14.9. The average molecular weight is 247 g/mol. The van der Waals surface area contributed by atoms with Gasteiger partial charge in [0.25, 0.3) is 0 Å². The molecule has 0 amide bonds. The number of nitrogens with zero attached hydrogens (tertiary/aromatic N) is 4. The summed E-state index contributed by atoms with van der Waals surface area (Å²) in [4.78, 5) is 8.30. The quantitative estimate of drug-likeness (QED) is 0.842. The van der Waals surface area contributed by atoms with Crippen molar-refractivity contribution >= 4 is 5.69 Å². The van der Waals surface area contributed by atoms with E-state index in [-0.39, 0.29) is 5.57 Å². The molecule has 1 aromatic carbocycles. The summed E-state index contributed by atoms with van der Waals surface area (Å²) in [6.45, 7) is 0. The molecule has 0 atom stereocenters. The molecule has 0 saturated carbocycles. The van der Waals surface area contributed by atoms with E-state index < -0.39 is 0 Å². The monoisotopic (exact) mass is 247 g/mol. The van der Waals surface area contributed by atoms with Crippen LogP contribution in [0.1, 0.15) is 0 Å². The maximum Gasteiger partial charge on any atom is 0.159 e. The van der Waals surface area contributed by atoms with Crippen LogP contribution in [-0.2, 0) is 0 Å². The summed E-state index contributed by atoms with van der Waals surface area (Å²) in [5.74, 6) is 0.652. The number of nitrogens with one attached hydrogen (secondary N) is 1. The van der Waals surface area contributed by atoms with Crippen LogP contribution in [0.25, 0.3) is 11.4 Å². The lowest BCUT2D eigenvalue weighted by molar-refractivity contribution is 1.18. The molecule has 0 aliphatic heterocycles. The van der Waals surface area contributed by atoms with E-state index in [4.69, 9.17) is 10.5 Å². The first kappa shape index (κ1) is 12.3. The molecule has 1 aromatic heterocycles. The van der Waals surface area contributed by atoms with Gasteiger partial charge in [-0.15, -0.1) is 0 Å². The van der Waals surface area contributed by atoms with E-state index in [1.807, 2.05) is 24.3 Å². The number of aromatic nitrogens is 2. The summed E-state index contributed by atoms with van der Waals surface area (Å²) in [7, 11) is 0. The zero-order valence-corrected chi connectivity index (χ0v) is 9.91. The van der Waals surface area contributed by atoms with Gasteiger partial charge in [0.15, 0.2) is 5.82 Å². The lowest BCUT2D eigenvalue weighted by atomic mass is 10.2. The number of allylic oxidation sites excluding steroid dienone is 1. The van der Waals surface area contributed by atoms with Gasteiger partial charge >= 0.3 is 0 Å². The SMILES string of the molecule is N#CC(C#N)=CNc1ccc(-c2ncccn2)cc1. The first-order chi connectivity index (χ1) is 9.33. The van der Waals surface area contributed by atoms with Crippen LogP contribution < -0.4 is 5.32 Å². The molecule has 5 nitrogen and oxygen atoms in total. The average Bonchev–Trinajstić information content (AvgIpc) is 2.50. The minimum atomic E-state index is 0.0236. The van der Waals surface area contributed by atoms with Gasteiger partial charge in [0.05, 0.1) is 0 Å². The lowest BCUT2D eigenvalue weighted by Crippen LogP contribution is -1.91. The first-order valence-corrected chi connectivity index (χ1v) is 5.48. The second-order valence-corrected chi connectivity index (χ2v) is 3.58. The minimum Gasteiger partial charge on any atom is -0.360 e. The van der Waals surface area contributed by atoms with Crippen LogP contribution in [0.2, 0.25) is 0 Å². The third-order valence-corrected chi connectivity index (χ3v) is 2.33. The predicted molar refractivity (Wildman–Crippen MR) is 70.4 cm³/mol. The maximum atomic E-state index is 8.60. The molecule has 0 aliphatic carbocycles. The Kier molecular flexibility index (Phi) is 3.84. The number of rotatable bonds is 3. The lowest BCUT2D eigenvalue weighted by Gasteiger charge is -2.02. The van der Waals surface area contributed by atoms with Crippen LogP contribution in [0.4, 0.5) is 5.69 Å². The van der Waals surface area contributed by atoms with Crippen LogP contribution in [0, 0.1) is 22.7 Å². The van der Waals surface area contributed by atoms with Crippen LogP contribution >= 0.6 is 0 Å². The summed E-state index contributed by atoms with van der Waals surface area (Å²) in [6.07, 6.45) is 4.74. The highest BCUT2D eigenvalue weighted by Gasteiger charge is 1.99. The molecule has 19 heavy (non-hydrogen) atoms. The molecule has 90 valence electrons. The van der Waals surface area contributed by atoms with Gasteiger partial charge in [0, 0.05) is 29.8 Å². The van der Waals surface area contributed by atoms with Crippen LogP contribution in [0.3, 0.4) is 0 Å². The standard InChI is InChI=1S/C14H9N5/c15-8-11(9-16)10-19-13-4-2-12(3-5-13)14-17-6-1-7-18-14/h1-7,10,19H. The van der Waals surface area contributed by atoms with Crippen molar-refractivity contribution < 1.29 is 0 Å². The van der Waals surface area contributed by atoms with Gasteiger partial charge in [0.1, 0.15) is 17.7 Å². The summed E-state index contributed by atoms with van der Waals surface area (Å²) in [5, 5.41) is 20.1. The van der Waals surface area contributed by atoms with E-state index in [1.54, 1.807) is 30.6 Å². The molecule has 0 aliphatic rings. The Morgan fingerprint density at radius 3 is 2.26 bits per heavy atom. The maximum absolute atomic E-state index is 8.60. The zero-order valence-electron chi connectivity index (χ0n) is 9.91. The van der Waals surface area contributed by atoms with E-state index >= 15 is 0 Å². The molecule has 1 heterocycles. The Balaban J connectivity index is 2.15. The Labute approximate surface area is 110 Å². The second-order valence-electron chi connectivity index (χ2n) is 3.58. The smallest absolute Gasteiger partial charge is 0.159 e. The van der Waals surface area contributed by atoms with Crippen molar-refractivity contribution in [2.45, 2.75) is 0 Å². The molecule has 2 aromatic rings. The highest BCUT2D eigenvalue weighted by Crippen LogP contribution is 2.17. The second kappa shape index (κ2) is 5.95. The molecule has 0 bridgehead atoms. The van der Waals surface area contributed by atoms with Gasteiger partial charge in [-0.25, -0.2) is 9.97 Å². The Morgan fingerprint density at radius 1 is 1.05 bits per heavy atom. The summed E-state index contributed by atoms with van der Waals surface area (Å²) >= 11 is 0. The van der Waals surface area contributed by atoms with Crippen LogP contribution in [0.5, 0.6) is 0 Å². The molecular weight excluding hydrogens is 238 g/mol. The van der Waals surface area contributed by atoms with E-state index in [0.29, 0.717) is 5.82 Å². The van der Waals surface area contributed by atoms with Crippen molar-refractivity contribution in [1.82, 2.24) is 9.97 Å². The van der Waals surface area contributed by atoms with Crippen molar-refractivity contribution in [1.29, 1.82) is 10.5 Å². The Hall–Kier alpha value is -3.18. The Morgan fingerprint density at radius 2 is 1.68 bits per heavy atom. The van der Waals surface area contributed by atoms with Gasteiger partial charge in [-0.3, -0.25) is 0 Å². The van der Waals surface area contributed by atoms with Gasteiger partial charge in [-0.2, -0.15) is 10.5 Å². The molecule has 5 heteroatoms. The third kappa shape index (κ3) is 3.15. The molecule has 1 N–H and O–H groups in total. The molecule has 2 rings (SSSR count). The summed E-state index contributed by atoms with van der Waals surface area (Å²) in [5.41, 5.74) is 1.70. The van der Waals surface area contributed by atoms with Crippen molar-refractivity contribution in [3.05, 3.63) is 54.5 Å². The largest absolute Gasteiger partial charge is 0.360 e. The molecular formula is C14H9N5. The van der Waals surface area contributed by atoms with Crippen molar-refractivity contribution in [3.63, 3.8) is 0 Å². The van der Waals surface area contributed by atoms with Crippen molar-refractivity contribution in [2.24, 2.45) is 0 Å². The molecule has 0 radical (unpaired) electrons. The summed E-state index contributed by atoms with van der Waals surface area (Å²) in [6, 6.07) is 12.7. The van der Waals surface area contributed by atoms with E-state index in [9.17, 15) is 0 Å². The summed E-state index contributed by atoms with van der Waals surface area (Å²) < 4.78 is 0. The number of anilines is 1. The molecule has 0 spiro atoms.